The normalized spacial score (nSPS) is 24.0. The first kappa shape index (κ1) is 13.9. The van der Waals surface area contributed by atoms with Gasteiger partial charge >= 0.3 is 12.0 Å². The van der Waals surface area contributed by atoms with Crippen LogP contribution in [0.2, 0.25) is 0 Å². The molecule has 1 fully saturated rings. The predicted octanol–water partition coefficient (Wildman–Crippen LogP) is 1.63. The number of hydrogen-bond acceptors (Lipinski definition) is 3. The summed E-state index contributed by atoms with van der Waals surface area (Å²) in [6.07, 6.45) is 1.54. The van der Waals surface area contributed by atoms with E-state index in [-0.39, 0.29) is 23.7 Å². The van der Waals surface area contributed by atoms with Gasteiger partial charge in [0.2, 0.25) is 0 Å². The number of carboxylic acid groups (broad SMARTS) is 1. The van der Waals surface area contributed by atoms with E-state index in [2.05, 4.69) is 5.32 Å². The standard InChI is InChI=1S/C15H18N2O4/c1-9-12(5-7-21-9)16-15(20)17-6-4-10-8-11(14(18)19)2-3-13(10)17/h2-3,8-9,12H,4-7H2,1H3,(H,16,20)(H,18,19). The van der Waals surface area contributed by atoms with Gasteiger partial charge in [0, 0.05) is 18.8 Å². The fraction of sp³-hybridized carbons (Fsp3) is 0.467. The van der Waals surface area contributed by atoms with Crippen molar-refractivity contribution in [2.45, 2.75) is 31.9 Å². The summed E-state index contributed by atoms with van der Waals surface area (Å²) < 4.78 is 5.44. The molecule has 1 saturated heterocycles. The number of carbonyl (C=O) groups excluding carboxylic acids is 1. The summed E-state index contributed by atoms with van der Waals surface area (Å²) in [5, 5.41) is 12.0. The molecular weight excluding hydrogens is 272 g/mol. The van der Waals surface area contributed by atoms with E-state index in [4.69, 9.17) is 9.84 Å². The van der Waals surface area contributed by atoms with Gasteiger partial charge in [0.1, 0.15) is 0 Å². The monoisotopic (exact) mass is 290 g/mol. The zero-order valence-corrected chi connectivity index (χ0v) is 11.8. The second-order valence-electron chi connectivity index (χ2n) is 5.47. The largest absolute Gasteiger partial charge is 0.478 e. The van der Waals surface area contributed by atoms with Crippen molar-refractivity contribution >= 4 is 17.7 Å². The molecule has 2 atom stereocenters. The van der Waals surface area contributed by atoms with E-state index >= 15 is 0 Å². The predicted molar refractivity (Wildman–Crippen MR) is 76.8 cm³/mol. The number of anilines is 1. The lowest BCUT2D eigenvalue weighted by molar-refractivity contribution is 0.0696. The summed E-state index contributed by atoms with van der Waals surface area (Å²) in [5.41, 5.74) is 1.96. The van der Waals surface area contributed by atoms with Crippen molar-refractivity contribution in [1.82, 2.24) is 5.32 Å². The van der Waals surface area contributed by atoms with Gasteiger partial charge < -0.3 is 15.2 Å². The quantitative estimate of drug-likeness (QED) is 0.867. The topological polar surface area (TPSA) is 78.9 Å². The molecule has 0 saturated carbocycles. The molecule has 21 heavy (non-hydrogen) atoms. The minimum absolute atomic E-state index is 0.0328. The van der Waals surface area contributed by atoms with Crippen LogP contribution in [0.25, 0.3) is 0 Å². The molecule has 0 aliphatic carbocycles. The molecule has 6 nitrogen and oxygen atoms in total. The smallest absolute Gasteiger partial charge is 0.335 e. The molecule has 0 aromatic heterocycles. The van der Waals surface area contributed by atoms with E-state index < -0.39 is 5.97 Å². The van der Waals surface area contributed by atoms with E-state index in [1.54, 1.807) is 17.0 Å². The van der Waals surface area contributed by atoms with Crippen LogP contribution in [-0.2, 0) is 11.2 Å². The third kappa shape index (κ3) is 2.58. The van der Waals surface area contributed by atoms with Gasteiger partial charge in [-0.15, -0.1) is 0 Å². The van der Waals surface area contributed by atoms with Gasteiger partial charge in [0.05, 0.1) is 17.7 Å². The third-order valence-corrected chi connectivity index (χ3v) is 4.15. The number of aromatic carboxylic acids is 1. The molecule has 2 amide bonds. The van der Waals surface area contributed by atoms with Crippen LogP contribution in [-0.4, -0.2) is 42.4 Å². The van der Waals surface area contributed by atoms with Gasteiger partial charge in [-0.2, -0.15) is 0 Å². The number of fused-ring (bicyclic) bond motifs is 1. The van der Waals surface area contributed by atoms with E-state index in [9.17, 15) is 9.59 Å². The first-order valence-electron chi connectivity index (χ1n) is 7.12. The van der Waals surface area contributed by atoms with Gasteiger partial charge in [-0.1, -0.05) is 0 Å². The number of hydrogen-bond donors (Lipinski definition) is 2. The lowest BCUT2D eigenvalue weighted by Crippen LogP contribution is -2.46. The van der Waals surface area contributed by atoms with Crippen LogP contribution < -0.4 is 10.2 Å². The molecule has 2 N–H and O–H groups in total. The number of benzene rings is 1. The van der Waals surface area contributed by atoms with Crippen LogP contribution in [0.5, 0.6) is 0 Å². The van der Waals surface area contributed by atoms with E-state index in [1.165, 1.54) is 6.07 Å². The van der Waals surface area contributed by atoms with E-state index in [0.717, 1.165) is 17.7 Å². The van der Waals surface area contributed by atoms with Crippen LogP contribution in [0.1, 0.15) is 29.3 Å². The van der Waals surface area contributed by atoms with Crippen LogP contribution >= 0.6 is 0 Å². The molecule has 112 valence electrons. The molecule has 0 spiro atoms. The highest BCUT2D eigenvalue weighted by Crippen LogP contribution is 2.29. The van der Waals surface area contributed by atoms with E-state index in [1.807, 2.05) is 6.92 Å². The van der Waals surface area contributed by atoms with Crippen LogP contribution in [0.3, 0.4) is 0 Å². The van der Waals surface area contributed by atoms with Crippen molar-refractivity contribution in [1.29, 1.82) is 0 Å². The molecule has 2 heterocycles. The Morgan fingerprint density at radius 1 is 1.43 bits per heavy atom. The zero-order chi connectivity index (χ0) is 15.0. The van der Waals surface area contributed by atoms with Crippen molar-refractivity contribution in [3.8, 4) is 0 Å². The Morgan fingerprint density at radius 2 is 2.24 bits per heavy atom. The lowest BCUT2D eigenvalue weighted by Gasteiger charge is -2.22. The molecule has 3 rings (SSSR count). The first-order chi connectivity index (χ1) is 10.1. The van der Waals surface area contributed by atoms with Gasteiger partial charge in [-0.3, -0.25) is 4.90 Å². The van der Waals surface area contributed by atoms with Crippen LogP contribution in [0, 0.1) is 0 Å². The Hall–Kier alpha value is -2.08. The van der Waals surface area contributed by atoms with Gasteiger partial charge in [-0.05, 0) is 43.5 Å². The highest BCUT2D eigenvalue weighted by Gasteiger charge is 2.30. The average molecular weight is 290 g/mol. The number of urea groups is 1. The fourth-order valence-electron chi connectivity index (χ4n) is 2.90. The van der Waals surface area contributed by atoms with Crippen LogP contribution in [0.4, 0.5) is 10.5 Å². The van der Waals surface area contributed by atoms with E-state index in [0.29, 0.717) is 19.6 Å². The maximum Gasteiger partial charge on any atom is 0.335 e. The molecule has 2 unspecified atom stereocenters. The summed E-state index contributed by atoms with van der Waals surface area (Å²) in [4.78, 5) is 25.0. The minimum atomic E-state index is -0.947. The van der Waals surface area contributed by atoms with Gasteiger partial charge in [0.15, 0.2) is 0 Å². The Morgan fingerprint density at radius 3 is 2.90 bits per heavy atom. The highest BCUT2D eigenvalue weighted by atomic mass is 16.5. The van der Waals surface area contributed by atoms with Crippen molar-refractivity contribution < 1.29 is 19.4 Å². The SMILES string of the molecule is CC1OCCC1NC(=O)N1CCc2cc(C(=O)O)ccc21. The molecule has 0 bridgehead atoms. The number of rotatable bonds is 2. The second kappa shape index (κ2) is 5.37. The Kier molecular flexibility index (Phi) is 3.55. The number of carboxylic acids is 1. The Labute approximate surface area is 122 Å². The van der Waals surface area contributed by atoms with Crippen molar-refractivity contribution in [2.24, 2.45) is 0 Å². The number of amides is 2. The zero-order valence-electron chi connectivity index (χ0n) is 11.8. The van der Waals surface area contributed by atoms with Gasteiger partial charge in [-0.25, -0.2) is 9.59 Å². The molecule has 0 radical (unpaired) electrons. The summed E-state index contributed by atoms with van der Waals surface area (Å²) in [6.45, 7) is 3.20. The maximum atomic E-state index is 12.4. The Balaban J connectivity index is 1.74. The lowest BCUT2D eigenvalue weighted by atomic mass is 10.1. The van der Waals surface area contributed by atoms with Gasteiger partial charge in [0.25, 0.3) is 0 Å². The number of ether oxygens (including phenoxy) is 1. The molecular formula is C15H18N2O4. The molecule has 6 heteroatoms. The van der Waals surface area contributed by atoms with Crippen molar-refractivity contribution in [3.05, 3.63) is 29.3 Å². The molecule has 2 aliphatic rings. The fourth-order valence-corrected chi connectivity index (χ4v) is 2.90. The molecule has 2 aliphatic heterocycles. The summed E-state index contributed by atoms with van der Waals surface area (Å²) in [7, 11) is 0. The number of nitrogens with one attached hydrogen (secondary N) is 1. The molecule has 1 aromatic carbocycles. The summed E-state index contributed by atoms with van der Waals surface area (Å²) in [5.74, 6) is -0.947. The number of carbonyl (C=O) groups is 2. The average Bonchev–Trinajstić information content (AvgIpc) is 3.04. The summed E-state index contributed by atoms with van der Waals surface area (Å²) >= 11 is 0. The second-order valence-corrected chi connectivity index (χ2v) is 5.47. The summed E-state index contributed by atoms with van der Waals surface area (Å²) in [6, 6.07) is 4.79. The minimum Gasteiger partial charge on any atom is -0.478 e. The molecule has 1 aromatic rings. The highest BCUT2D eigenvalue weighted by molar-refractivity contribution is 5.96. The van der Waals surface area contributed by atoms with Crippen molar-refractivity contribution in [3.63, 3.8) is 0 Å². The Bertz CT molecular complexity index is 587. The third-order valence-electron chi connectivity index (χ3n) is 4.15. The first-order valence-corrected chi connectivity index (χ1v) is 7.12. The van der Waals surface area contributed by atoms with Crippen molar-refractivity contribution in [2.75, 3.05) is 18.1 Å². The maximum absolute atomic E-state index is 12.4. The van der Waals surface area contributed by atoms with Crippen LogP contribution in [0.15, 0.2) is 18.2 Å². The number of nitrogens with zero attached hydrogens (tertiary/aromatic N) is 1.